The van der Waals surface area contributed by atoms with Crippen molar-refractivity contribution < 1.29 is 0 Å². The van der Waals surface area contributed by atoms with Gasteiger partial charge in [0.05, 0.1) is 11.9 Å². The van der Waals surface area contributed by atoms with E-state index in [2.05, 4.69) is 54.3 Å². The molecule has 0 aliphatic carbocycles. The Bertz CT molecular complexity index is 952. The maximum atomic E-state index is 4.52. The Kier molecular flexibility index (Phi) is 5.09. The number of anilines is 3. The average Bonchev–Trinajstić information content (AvgIpc) is 2.80. The third-order valence-electron chi connectivity index (χ3n) is 6.05. The molecule has 6 heteroatoms. The topological polar surface area (TPSA) is 57.2 Å². The highest BCUT2D eigenvalue weighted by atomic mass is 15.2. The molecule has 1 fully saturated rings. The SMILES string of the molecule is c1cncc(Nc2cc(N3CCC(N4CCc5ccccc5C4)CC3)ncn2)c1. The largest absolute Gasteiger partial charge is 0.356 e. The molecule has 29 heavy (non-hydrogen) atoms. The Labute approximate surface area is 171 Å². The van der Waals surface area contributed by atoms with Crippen LogP contribution in [0.25, 0.3) is 0 Å². The number of benzene rings is 1. The molecule has 0 radical (unpaired) electrons. The molecule has 0 atom stereocenters. The predicted octanol–water partition coefficient (Wildman–Crippen LogP) is 3.64. The van der Waals surface area contributed by atoms with E-state index in [9.17, 15) is 0 Å². The number of piperidine rings is 1. The van der Waals surface area contributed by atoms with E-state index >= 15 is 0 Å². The molecule has 3 aromatic rings. The highest BCUT2D eigenvalue weighted by Crippen LogP contribution is 2.27. The first-order chi connectivity index (χ1) is 14.3. The quantitative estimate of drug-likeness (QED) is 0.739. The molecular formula is C23H26N6. The molecule has 5 rings (SSSR count). The van der Waals surface area contributed by atoms with Crippen LogP contribution in [0.3, 0.4) is 0 Å². The Morgan fingerprint density at radius 2 is 1.79 bits per heavy atom. The van der Waals surface area contributed by atoms with Gasteiger partial charge in [0.2, 0.25) is 0 Å². The molecule has 0 spiro atoms. The number of nitrogens with zero attached hydrogens (tertiary/aromatic N) is 5. The van der Waals surface area contributed by atoms with E-state index in [1.54, 1.807) is 18.7 Å². The van der Waals surface area contributed by atoms with Crippen LogP contribution in [-0.2, 0) is 13.0 Å². The van der Waals surface area contributed by atoms with E-state index in [4.69, 9.17) is 0 Å². The van der Waals surface area contributed by atoms with Gasteiger partial charge in [-0.2, -0.15) is 0 Å². The van der Waals surface area contributed by atoms with Crippen LogP contribution in [0.15, 0.2) is 61.2 Å². The van der Waals surface area contributed by atoms with Crippen molar-refractivity contribution in [3.8, 4) is 0 Å². The zero-order chi connectivity index (χ0) is 19.5. The summed E-state index contributed by atoms with van der Waals surface area (Å²) in [6.07, 6.45) is 8.73. The summed E-state index contributed by atoms with van der Waals surface area (Å²) in [6.45, 7) is 4.33. The van der Waals surface area contributed by atoms with Crippen molar-refractivity contribution in [3.05, 3.63) is 72.3 Å². The summed E-state index contributed by atoms with van der Waals surface area (Å²) < 4.78 is 0. The van der Waals surface area contributed by atoms with Crippen LogP contribution >= 0.6 is 0 Å². The van der Waals surface area contributed by atoms with Gasteiger partial charge < -0.3 is 10.2 Å². The van der Waals surface area contributed by atoms with Gasteiger partial charge in [-0.1, -0.05) is 24.3 Å². The van der Waals surface area contributed by atoms with Crippen LogP contribution in [0.2, 0.25) is 0 Å². The summed E-state index contributed by atoms with van der Waals surface area (Å²) in [4.78, 5) is 18.1. The highest BCUT2D eigenvalue weighted by Gasteiger charge is 2.27. The maximum absolute atomic E-state index is 4.52. The van der Waals surface area contributed by atoms with Crippen molar-refractivity contribution in [2.75, 3.05) is 29.9 Å². The third-order valence-corrected chi connectivity index (χ3v) is 6.05. The van der Waals surface area contributed by atoms with E-state index < -0.39 is 0 Å². The van der Waals surface area contributed by atoms with Gasteiger partial charge in [0.1, 0.15) is 18.0 Å². The van der Waals surface area contributed by atoms with Crippen molar-refractivity contribution in [1.29, 1.82) is 0 Å². The lowest BCUT2D eigenvalue weighted by molar-refractivity contribution is 0.153. The molecule has 148 valence electrons. The predicted molar refractivity (Wildman–Crippen MR) is 115 cm³/mol. The van der Waals surface area contributed by atoms with E-state index in [-0.39, 0.29) is 0 Å². The van der Waals surface area contributed by atoms with Gasteiger partial charge in [0, 0.05) is 44.5 Å². The monoisotopic (exact) mass is 386 g/mol. The molecule has 1 saturated heterocycles. The number of rotatable bonds is 4. The normalized spacial score (nSPS) is 17.7. The van der Waals surface area contributed by atoms with Crippen LogP contribution in [0, 0.1) is 0 Å². The second kappa shape index (κ2) is 8.17. The summed E-state index contributed by atoms with van der Waals surface area (Å²) in [7, 11) is 0. The van der Waals surface area contributed by atoms with Gasteiger partial charge >= 0.3 is 0 Å². The van der Waals surface area contributed by atoms with E-state index in [1.165, 1.54) is 36.9 Å². The zero-order valence-corrected chi connectivity index (χ0v) is 16.5. The summed E-state index contributed by atoms with van der Waals surface area (Å²) in [5.74, 6) is 1.80. The van der Waals surface area contributed by atoms with Crippen LogP contribution < -0.4 is 10.2 Å². The molecule has 4 heterocycles. The minimum atomic E-state index is 0.662. The lowest BCUT2D eigenvalue weighted by Gasteiger charge is -2.41. The van der Waals surface area contributed by atoms with Gasteiger partial charge in [0.15, 0.2) is 0 Å². The first-order valence-electron chi connectivity index (χ1n) is 10.4. The fourth-order valence-corrected chi connectivity index (χ4v) is 4.46. The lowest BCUT2D eigenvalue weighted by Crippen LogP contribution is -2.46. The van der Waals surface area contributed by atoms with Crippen LogP contribution in [0.4, 0.5) is 17.3 Å². The van der Waals surface area contributed by atoms with Crippen LogP contribution in [0.1, 0.15) is 24.0 Å². The van der Waals surface area contributed by atoms with Gasteiger partial charge in [-0.3, -0.25) is 9.88 Å². The molecule has 1 aromatic carbocycles. The number of hydrogen-bond donors (Lipinski definition) is 1. The number of aromatic nitrogens is 3. The Balaban J connectivity index is 1.21. The summed E-state index contributed by atoms with van der Waals surface area (Å²) in [5, 5.41) is 3.30. The fourth-order valence-electron chi connectivity index (χ4n) is 4.46. The molecule has 0 bridgehead atoms. The zero-order valence-electron chi connectivity index (χ0n) is 16.5. The molecule has 0 saturated carbocycles. The van der Waals surface area contributed by atoms with Crippen molar-refractivity contribution in [3.63, 3.8) is 0 Å². The molecule has 1 N–H and O–H groups in total. The lowest BCUT2D eigenvalue weighted by atomic mass is 9.95. The minimum Gasteiger partial charge on any atom is -0.356 e. The first kappa shape index (κ1) is 18.1. The second-order valence-electron chi connectivity index (χ2n) is 7.84. The summed E-state index contributed by atoms with van der Waals surface area (Å²) in [6, 6.07) is 15.5. The Morgan fingerprint density at radius 1 is 0.931 bits per heavy atom. The first-order valence-corrected chi connectivity index (χ1v) is 10.4. The van der Waals surface area contributed by atoms with E-state index in [0.29, 0.717) is 6.04 Å². The Morgan fingerprint density at radius 3 is 2.62 bits per heavy atom. The smallest absolute Gasteiger partial charge is 0.135 e. The summed E-state index contributed by atoms with van der Waals surface area (Å²) in [5.41, 5.74) is 3.96. The average molecular weight is 387 g/mol. The molecule has 6 nitrogen and oxygen atoms in total. The second-order valence-corrected chi connectivity index (χ2v) is 7.84. The van der Waals surface area contributed by atoms with Gasteiger partial charge in [-0.15, -0.1) is 0 Å². The van der Waals surface area contributed by atoms with E-state index in [0.717, 1.165) is 37.0 Å². The number of hydrogen-bond acceptors (Lipinski definition) is 6. The van der Waals surface area contributed by atoms with Crippen molar-refractivity contribution in [2.45, 2.75) is 31.8 Å². The molecule has 2 aliphatic rings. The molecule has 0 amide bonds. The number of nitrogens with one attached hydrogen (secondary N) is 1. The Hall–Kier alpha value is -2.99. The van der Waals surface area contributed by atoms with Crippen LogP contribution in [-0.4, -0.2) is 45.5 Å². The molecule has 2 aromatic heterocycles. The summed E-state index contributed by atoms with van der Waals surface area (Å²) >= 11 is 0. The van der Waals surface area contributed by atoms with Crippen LogP contribution in [0.5, 0.6) is 0 Å². The standard InChI is InChI=1S/C23H26N6/c1-2-5-19-16-29(11-7-18(19)4-1)21-8-12-28(13-9-21)23-14-22(25-17-26-23)27-20-6-3-10-24-15-20/h1-6,10,14-15,17,21H,7-9,11-13,16H2,(H,25,26,27). The molecular weight excluding hydrogens is 360 g/mol. The maximum Gasteiger partial charge on any atom is 0.135 e. The van der Waals surface area contributed by atoms with Crippen molar-refractivity contribution >= 4 is 17.3 Å². The fraction of sp³-hybridized carbons (Fsp3) is 0.348. The van der Waals surface area contributed by atoms with Gasteiger partial charge in [-0.25, -0.2) is 9.97 Å². The number of fused-ring (bicyclic) bond motifs is 1. The third kappa shape index (κ3) is 4.07. The van der Waals surface area contributed by atoms with Gasteiger partial charge in [0.25, 0.3) is 0 Å². The number of pyridine rings is 1. The minimum absolute atomic E-state index is 0.662. The molecule has 2 aliphatic heterocycles. The highest BCUT2D eigenvalue weighted by molar-refractivity contribution is 5.58. The molecule has 0 unspecified atom stereocenters. The van der Waals surface area contributed by atoms with Crippen molar-refractivity contribution in [1.82, 2.24) is 19.9 Å². The van der Waals surface area contributed by atoms with Gasteiger partial charge in [-0.05, 0) is 42.5 Å². The van der Waals surface area contributed by atoms with E-state index in [1.807, 2.05) is 18.2 Å². The van der Waals surface area contributed by atoms with Crippen molar-refractivity contribution in [2.24, 2.45) is 0 Å².